The molecule has 2 aliphatic rings. The predicted octanol–water partition coefficient (Wildman–Crippen LogP) is 2.70. The van der Waals surface area contributed by atoms with Crippen molar-refractivity contribution in [3.63, 3.8) is 0 Å². The molecular formula is C24H29N3O4. The zero-order valence-electron chi connectivity index (χ0n) is 18.0. The lowest BCUT2D eigenvalue weighted by Crippen LogP contribution is -2.48. The highest BCUT2D eigenvalue weighted by Gasteiger charge is 2.37. The minimum Gasteiger partial charge on any atom is -0.497 e. The van der Waals surface area contributed by atoms with Crippen molar-refractivity contribution in [3.8, 4) is 5.75 Å². The zero-order valence-corrected chi connectivity index (χ0v) is 18.0. The van der Waals surface area contributed by atoms with E-state index >= 15 is 0 Å². The summed E-state index contributed by atoms with van der Waals surface area (Å²) in [5.74, 6) is 0.00415. The standard InChI is InChI=1S/C24H29N3O4/c1-26-13-17-8-9-18(30-2)12-19(17)21(14-26)23(28)31-22-10-11-27(24(25)29)15-20(22)16-6-4-3-5-7-16/h3-9,12,20-22H,10-11,13-15H2,1-2H3,(H2,25,29). The van der Waals surface area contributed by atoms with E-state index in [2.05, 4.69) is 4.90 Å². The van der Waals surface area contributed by atoms with Crippen LogP contribution in [0.4, 0.5) is 4.79 Å². The van der Waals surface area contributed by atoms with Crippen molar-refractivity contribution in [3.05, 3.63) is 65.2 Å². The van der Waals surface area contributed by atoms with Gasteiger partial charge in [0.25, 0.3) is 0 Å². The Balaban J connectivity index is 1.58. The van der Waals surface area contributed by atoms with Crippen LogP contribution in [0.2, 0.25) is 0 Å². The maximum Gasteiger partial charge on any atom is 0.315 e. The van der Waals surface area contributed by atoms with Crippen LogP contribution in [0.25, 0.3) is 0 Å². The Kier molecular flexibility index (Phi) is 6.13. The minimum absolute atomic E-state index is 0.113. The summed E-state index contributed by atoms with van der Waals surface area (Å²) < 4.78 is 11.5. The number of piperidine rings is 1. The smallest absolute Gasteiger partial charge is 0.315 e. The summed E-state index contributed by atoms with van der Waals surface area (Å²) in [6, 6.07) is 15.3. The number of amides is 2. The van der Waals surface area contributed by atoms with Gasteiger partial charge in [0.2, 0.25) is 0 Å². The fourth-order valence-electron chi connectivity index (χ4n) is 4.66. The number of likely N-dealkylation sites (N-methyl/N-ethyl adjacent to an activating group) is 1. The van der Waals surface area contributed by atoms with Crippen LogP contribution in [0.1, 0.15) is 34.9 Å². The number of benzene rings is 2. The maximum atomic E-state index is 13.4. The quantitative estimate of drug-likeness (QED) is 0.765. The molecule has 7 nitrogen and oxygen atoms in total. The van der Waals surface area contributed by atoms with Crippen LogP contribution >= 0.6 is 0 Å². The molecule has 3 unspecified atom stereocenters. The highest BCUT2D eigenvalue weighted by atomic mass is 16.5. The van der Waals surface area contributed by atoms with Gasteiger partial charge in [0.15, 0.2) is 0 Å². The monoisotopic (exact) mass is 423 g/mol. The highest BCUT2D eigenvalue weighted by Crippen LogP contribution is 2.35. The summed E-state index contributed by atoms with van der Waals surface area (Å²) >= 11 is 0. The number of primary amides is 1. The summed E-state index contributed by atoms with van der Waals surface area (Å²) in [5, 5.41) is 0. The number of hydrogen-bond donors (Lipinski definition) is 1. The number of hydrogen-bond acceptors (Lipinski definition) is 5. The van der Waals surface area contributed by atoms with E-state index in [1.54, 1.807) is 12.0 Å². The first-order valence-corrected chi connectivity index (χ1v) is 10.6. The Hall–Kier alpha value is -3.06. The van der Waals surface area contributed by atoms with E-state index in [9.17, 15) is 9.59 Å². The van der Waals surface area contributed by atoms with E-state index in [1.807, 2.05) is 55.6 Å². The summed E-state index contributed by atoms with van der Waals surface area (Å²) in [6.45, 7) is 2.29. The summed E-state index contributed by atoms with van der Waals surface area (Å²) in [4.78, 5) is 28.9. The molecule has 0 bridgehead atoms. The van der Waals surface area contributed by atoms with E-state index in [4.69, 9.17) is 15.2 Å². The van der Waals surface area contributed by atoms with Crippen molar-refractivity contribution < 1.29 is 19.1 Å². The van der Waals surface area contributed by atoms with Crippen molar-refractivity contribution in [2.45, 2.75) is 30.9 Å². The first-order valence-electron chi connectivity index (χ1n) is 10.6. The third kappa shape index (κ3) is 4.51. The molecule has 2 heterocycles. The summed E-state index contributed by atoms with van der Waals surface area (Å²) in [7, 11) is 3.63. The van der Waals surface area contributed by atoms with Gasteiger partial charge in [-0.25, -0.2) is 4.79 Å². The molecule has 2 amide bonds. The number of esters is 1. The second-order valence-electron chi connectivity index (χ2n) is 8.38. The van der Waals surface area contributed by atoms with Crippen LogP contribution in [0.5, 0.6) is 5.75 Å². The first-order chi connectivity index (χ1) is 15.0. The Bertz CT molecular complexity index is 949. The molecule has 31 heavy (non-hydrogen) atoms. The van der Waals surface area contributed by atoms with Gasteiger partial charge >= 0.3 is 12.0 Å². The van der Waals surface area contributed by atoms with Crippen LogP contribution in [-0.2, 0) is 16.1 Å². The number of likely N-dealkylation sites (tertiary alicyclic amines) is 1. The summed E-state index contributed by atoms with van der Waals surface area (Å²) in [5.41, 5.74) is 8.64. The lowest BCUT2D eigenvalue weighted by atomic mass is 9.87. The minimum atomic E-state index is -0.444. The Morgan fingerprint density at radius 3 is 2.58 bits per heavy atom. The van der Waals surface area contributed by atoms with Crippen molar-refractivity contribution >= 4 is 12.0 Å². The third-order valence-electron chi connectivity index (χ3n) is 6.30. The topological polar surface area (TPSA) is 85.1 Å². The molecule has 0 saturated carbocycles. The van der Waals surface area contributed by atoms with Crippen LogP contribution < -0.4 is 10.5 Å². The lowest BCUT2D eigenvalue weighted by molar-refractivity contribution is -0.154. The van der Waals surface area contributed by atoms with Gasteiger partial charge in [-0.1, -0.05) is 36.4 Å². The van der Waals surface area contributed by atoms with Crippen LogP contribution in [-0.4, -0.2) is 61.7 Å². The first kappa shape index (κ1) is 21.2. The van der Waals surface area contributed by atoms with Gasteiger partial charge in [-0.2, -0.15) is 0 Å². The fraction of sp³-hybridized carbons (Fsp3) is 0.417. The second-order valence-corrected chi connectivity index (χ2v) is 8.38. The molecule has 3 atom stereocenters. The molecule has 0 radical (unpaired) electrons. The molecule has 0 aliphatic carbocycles. The van der Waals surface area contributed by atoms with Gasteiger partial charge in [-0.3, -0.25) is 4.79 Å². The van der Waals surface area contributed by atoms with E-state index in [1.165, 1.54) is 0 Å². The number of ether oxygens (including phenoxy) is 2. The SMILES string of the molecule is COc1ccc2c(c1)C(C(=O)OC1CCN(C(N)=O)CC1c1ccccc1)CN(C)C2. The molecule has 1 saturated heterocycles. The molecule has 2 aromatic rings. The van der Waals surface area contributed by atoms with Crippen molar-refractivity contribution in [1.82, 2.24) is 9.80 Å². The van der Waals surface area contributed by atoms with Gasteiger partial charge in [0.1, 0.15) is 11.9 Å². The number of nitrogens with two attached hydrogens (primary N) is 1. The Morgan fingerprint density at radius 2 is 1.87 bits per heavy atom. The van der Waals surface area contributed by atoms with Gasteiger partial charge in [-0.05, 0) is 35.9 Å². The molecule has 2 N–H and O–H groups in total. The second kappa shape index (κ2) is 8.98. The van der Waals surface area contributed by atoms with Crippen LogP contribution in [0.15, 0.2) is 48.5 Å². The number of fused-ring (bicyclic) bond motifs is 1. The van der Waals surface area contributed by atoms with E-state index in [-0.39, 0.29) is 23.9 Å². The van der Waals surface area contributed by atoms with Crippen molar-refractivity contribution in [2.24, 2.45) is 5.73 Å². The number of urea groups is 1. The zero-order chi connectivity index (χ0) is 22.0. The number of nitrogens with zero attached hydrogens (tertiary/aromatic N) is 2. The van der Waals surface area contributed by atoms with Gasteiger partial charge in [0.05, 0.1) is 13.0 Å². The Labute approximate surface area is 182 Å². The largest absolute Gasteiger partial charge is 0.497 e. The fourth-order valence-corrected chi connectivity index (χ4v) is 4.66. The van der Waals surface area contributed by atoms with E-state index < -0.39 is 6.03 Å². The number of methoxy groups -OCH3 is 1. The van der Waals surface area contributed by atoms with E-state index in [0.29, 0.717) is 26.1 Å². The van der Waals surface area contributed by atoms with Crippen LogP contribution in [0, 0.1) is 0 Å². The summed E-state index contributed by atoms with van der Waals surface area (Å²) in [6.07, 6.45) is 0.244. The van der Waals surface area contributed by atoms with Crippen molar-refractivity contribution in [1.29, 1.82) is 0 Å². The van der Waals surface area contributed by atoms with Gasteiger partial charge in [-0.15, -0.1) is 0 Å². The Morgan fingerprint density at radius 1 is 1.10 bits per heavy atom. The molecule has 2 aliphatic heterocycles. The predicted molar refractivity (Wildman–Crippen MR) is 117 cm³/mol. The molecule has 0 aromatic heterocycles. The molecule has 2 aromatic carbocycles. The lowest BCUT2D eigenvalue weighted by Gasteiger charge is -2.39. The molecule has 164 valence electrons. The molecule has 0 spiro atoms. The van der Waals surface area contributed by atoms with Crippen LogP contribution in [0.3, 0.4) is 0 Å². The number of rotatable bonds is 4. The average Bonchev–Trinajstić information content (AvgIpc) is 2.78. The van der Waals surface area contributed by atoms with E-state index in [0.717, 1.165) is 29.0 Å². The number of carbonyl (C=O) groups excluding carboxylic acids is 2. The molecule has 7 heteroatoms. The highest BCUT2D eigenvalue weighted by molar-refractivity contribution is 5.80. The van der Waals surface area contributed by atoms with Crippen molar-refractivity contribution in [2.75, 3.05) is 33.8 Å². The molecule has 1 fully saturated rings. The normalized spacial score (nSPS) is 23.7. The molecule has 4 rings (SSSR count). The van der Waals surface area contributed by atoms with Gasteiger partial charge < -0.3 is 25.0 Å². The maximum absolute atomic E-state index is 13.4. The number of carbonyl (C=O) groups is 2. The van der Waals surface area contributed by atoms with Gasteiger partial charge in [0, 0.05) is 38.5 Å². The molecular weight excluding hydrogens is 394 g/mol. The average molecular weight is 424 g/mol. The third-order valence-corrected chi connectivity index (χ3v) is 6.30.